The molecule has 0 heterocycles. The van der Waals surface area contributed by atoms with Crippen LogP contribution in [0.2, 0.25) is 0 Å². The van der Waals surface area contributed by atoms with Gasteiger partial charge in [0.05, 0.1) is 0 Å². The lowest BCUT2D eigenvalue weighted by Gasteiger charge is -2.27. The Morgan fingerprint density at radius 1 is 1.33 bits per heavy atom. The lowest BCUT2D eigenvalue weighted by Crippen LogP contribution is -2.43. The van der Waals surface area contributed by atoms with Crippen molar-refractivity contribution in [3.05, 3.63) is 0 Å². The van der Waals surface area contributed by atoms with Crippen molar-refractivity contribution in [2.24, 2.45) is 5.73 Å². The van der Waals surface area contributed by atoms with E-state index in [2.05, 4.69) is 14.5 Å². The van der Waals surface area contributed by atoms with Gasteiger partial charge in [0.2, 0.25) is 0 Å². The van der Waals surface area contributed by atoms with E-state index < -0.39 is 0 Å². The molecule has 0 spiro atoms. The smallest absolute Gasteiger partial charge is 0.0250 e. The highest BCUT2D eigenvalue weighted by molar-refractivity contribution is 7.13. The highest BCUT2D eigenvalue weighted by Gasteiger charge is 2.19. The molecule has 0 bridgehead atoms. The predicted octanol–water partition coefficient (Wildman–Crippen LogP) is 0.636. The summed E-state index contributed by atoms with van der Waals surface area (Å²) in [4.78, 5) is 0. The zero-order valence-corrected chi connectivity index (χ0v) is 6.79. The van der Waals surface area contributed by atoms with Gasteiger partial charge in [-0.25, -0.2) is 0 Å². The first-order chi connectivity index (χ1) is 4.34. The normalized spacial score (nSPS) is 36.7. The molecule has 0 saturated heterocycles. The van der Waals surface area contributed by atoms with Gasteiger partial charge in [0.15, 0.2) is 0 Å². The van der Waals surface area contributed by atoms with Crippen molar-refractivity contribution in [1.82, 2.24) is 5.09 Å². The van der Waals surface area contributed by atoms with Crippen molar-refractivity contribution in [2.45, 2.75) is 37.8 Å². The molecule has 9 heavy (non-hydrogen) atoms. The fourth-order valence-corrected chi connectivity index (χ4v) is 1.78. The molecular weight excluding hydrogens is 131 g/mol. The van der Waals surface area contributed by atoms with Gasteiger partial charge in [0, 0.05) is 12.1 Å². The van der Waals surface area contributed by atoms with E-state index in [0.717, 1.165) is 0 Å². The number of rotatable bonds is 1. The quantitative estimate of drug-likeness (QED) is 0.533. The maximum atomic E-state index is 5.81. The van der Waals surface area contributed by atoms with Crippen LogP contribution >= 0.6 is 9.39 Å². The molecule has 0 aromatic rings. The first kappa shape index (κ1) is 7.46. The van der Waals surface area contributed by atoms with E-state index in [1.807, 2.05) is 0 Å². The van der Waals surface area contributed by atoms with Gasteiger partial charge in [-0.3, -0.25) is 5.09 Å². The number of hydrogen-bond donors (Lipinski definition) is 2. The highest BCUT2D eigenvalue weighted by Crippen LogP contribution is 2.17. The Morgan fingerprint density at radius 2 is 2.00 bits per heavy atom. The van der Waals surface area contributed by atoms with Crippen LogP contribution < -0.4 is 10.8 Å². The van der Waals surface area contributed by atoms with Gasteiger partial charge in [-0.1, -0.05) is 22.2 Å². The number of nitrogens with two attached hydrogens (primary N) is 1. The first-order valence-electron chi connectivity index (χ1n) is 3.56. The lowest BCUT2D eigenvalue weighted by atomic mass is 9.92. The summed E-state index contributed by atoms with van der Waals surface area (Å²) in [5, 5.41) is 3.15. The van der Waals surface area contributed by atoms with Crippen LogP contribution in [0.25, 0.3) is 0 Å². The molecule has 0 aromatic heterocycles. The van der Waals surface area contributed by atoms with Gasteiger partial charge >= 0.3 is 0 Å². The van der Waals surface area contributed by atoms with Crippen molar-refractivity contribution < 1.29 is 0 Å². The minimum absolute atomic E-state index is 0.385. The molecule has 1 aliphatic carbocycles. The Balaban J connectivity index is 2.30. The minimum Gasteiger partial charge on any atom is -0.326 e. The van der Waals surface area contributed by atoms with Crippen LogP contribution in [0.1, 0.15) is 25.7 Å². The molecule has 2 unspecified atom stereocenters. The molecule has 3 atom stereocenters. The third-order valence-corrected chi connectivity index (χ3v) is 2.46. The average Bonchev–Trinajstić information content (AvgIpc) is 1.89. The molecule has 0 aromatic carbocycles. The van der Waals surface area contributed by atoms with Gasteiger partial charge in [-0.15, -0.1) is 0 Å². The van der Waals surface area contributed by atoms with E-state index >= 15 is 0 Å². The summed E-state index contributed by atoms with van der Waals surface area (Å²) in [5.74, 6) is 0. The van der Waals surface area contributed by atoms with Gasteiger partial charge in [-0.05, 0) is 12.8 Å². The van der Waals surface area contributed by atoms with Crippen LogP contribution in [0.4, 0.5) is 0 Å². The summed E-state index contributed by atoms with van der Waals surface area (Å²) in [6, 6.07) is 0.931. The third-order valence-electron chi connectivity index (χ3n) is 2.03. The summed E-state index contributed by atoms with van der Waals surface area (Å²) < 4.78 is 0. The van der Waals surface area contributed by atoms with E-state index in [9.17, 15) is 0 Å². The van der Waals surface area contributed by atoms with Gasteiger partial charge in [-0.2, -0.15) is 0 Å². The Hall–Kier alpha value is 0.350. The molecule has 0 radical (unpaired) electrons. The van der Waals surface area contributed by atoms with Crippen molar-refractivity contribution in [1.29, 1.82) is 0 Å². The fourth-order valence-electron chi connectivity index (χ4n) is 1.37. The van der Waals surface area contributed by atoms with Crippen LogP contribution in [0.5, 0.6) is 0 Å². The largest absolute Gasteiger partial charge is 0.326 e. The molecule has 3 N–H and O–H groups in total. The second-order valence-corrected chi connectivity index (χ2v) is 3.05. The maximum Gasteiger partial charge on any atom is 0.0250 e. The van der Waals surface area contributed by atoms with Gasteiger partial charge in [0.25, 0.3) is 0 Å². The maximum absolute atomic E-state index is 5.81. The summed E-state index contributed by atoms with van der Waals surface area (Å²) >= 11 is 0. The molecule has 1 aliphatic rings. The molecule has 0 aliphatic heterocycles. The SMILES string of the molecule is N[C@@H]1CCCCC1NP. The molecular formula is C6H15N2P. The van der Waals surface area contributed by atoms with Crippen molar-refractivity contribution in [2.75, 3.05) is 0 Å². The van der Waals surface area contributed by atoms with Crippen molar-refractivity contribution in [3.63, 3.8) is 0 Å². The van der Waals surface area contributed by atoms with E-state index in [1.54, 1.807) is 0 Å². The van der Waals surface area contributed by atoms with E-state index in [4.69, 9.17) is 5.73 Å². The number of nitrogens with one attached hydrogen (secondary N) is 1. The molecule has 0 amide bonds. The van der Waals surface area contributed by atoms with Crippen LogP contribution in [0.3, 0.4) is 0 Å². The fraction of sp³-hybridized carbons (Fsp3) is 1.00. The van der Waals surface area contributed by atoms with E-state index in [-0.39, 0.29) is 0 Å². The summed E-state index contributed by atoms with van der Waals surface area (Å²) in [7, 11) is 2.54. The summed E-state index contributed by atoms with van der Waals surface area (Å²) in [6.45, 7) is 0. The van der Waals surface area contributed by atoms with Gasteiger partial charge in [0.1, 0.15) is 0 Å². The van der Waals surface area contributed by atoms with Crippen LogP contribution in [0, 0.1) is 0 Å². The Morgan fingerprint density at radius 3 is 2.44 bits per heavy atom. The van der Waals surface area contributed by atoms with Gasteiger partial charge < -0.3 is 5.73 Å². The standard InChI is InChI=1S/C6H15N2P/c7-5-3-1-2-4-6(5)8-9/h5-6,8H,1-4,7,9H2/t5-,6?/m1/s1. The predicted molar refractivity (Wildman–Crippen MR) is 43.1 cm³/mol. The minimum atomic E-state index is 0.385. The zero-order valence-electron chi connectivity index (χ0n) is 5.64. The molecule has 1 fully saturated rings. The van der Waals surface area contributed by atoms with E-state index in [1.165, 1.54) is 25.7 Å². The summed E-state index contributed by atoms with van der Waals surface area (Å²) in [6.07, 6.45) is 5.07. The van der Waals surface area contributed by atoms with Crippen LogP contribution in [-0.4, -0.2) is 12.1 Å². The van der Waals surface area contributed by atoms with Crippen molar-refractivity contribution in [3.8, 4) is 0 Å². The third kappa shape index (κ3) is 1.89. The van der Waals surface area contributed by atoms with Crippen molar-refractivity contribution >= 4 is 9.39 Å². The first-order valence-corrected chi connectivity index (χ1v) is 4.14. The van der Waals surface area contributed by atoms with Crippen LogP contribution in [0.15, 0.2) is 0 Å². The van der Waals surface area contributed by atoms with Crippen LogP contribution in [-0.2, 0) is 0 Å². The second-order valence-electron chi connectivity index (χ2n) is 2.72. The molecule has 54 valence electrons. The highest BCUT2D eigenvalue weighted by atomic mass is 31.0. The second kappa shape index (κ2) is 3.50. The molecule has 1 saturated carbocycles. The Bertz CT molecular complexity index is 87.1. The monoisotopic (exact) mass is 146 g/mol. The zero-order chi connectivity index (χ0) is 6.69. The molecule has 1 rings (SSSR count). The topological polar surface area (TPSA) is 38.0 Å². The number of hydrogen-bond acceptors (Lipinski definition) is 2. The average molecular weight is 146 g/mol. The molecule has 3 heteroatoms. The summed E-state index contributed by atoms with van der Waals surface area (Å²) in [5.41, 5.74) is 5.81. The lowest BCUT2D eigenvalue weighted by molar-refractivity contribution is 0.368. The van der Waals surface area contributed by atoms with E-state index in [0.29, 0.717) is 12.1 Å². The Labute approximate surface area is 58.8 Å². The Kier molecular flexibility index (Phi) is 2.90. The molecule has 2 nitrogen and oxygen atoms in total.